The lowest BCUT2D eigenvalue weighted by Crippen LogP contribution is -2.40. The zero-order chi connectivity index (χ0) is 23.6. The molecule has 0 aliphatic carbocycles. The molecule has 0 aromatic heterocycles. The number of ether oxygens (including phenoxy) is 2. The van der Waals surface area contributed by atoms with Crippen molar-refractivity contribution < 1.29 is 31.9 Å². The maximum Gasteiger partial charge on any atom is 0.246 e. The minimum absolute atomic E-state index is 0.00991. The van der Waals surface area contributed by atoms with Gasteiger partial charge < -0.3 is 19.7 Å². The van der Waals surface area contributed by atoms with Crippen molar-refractivity contribution in [2.75, 3.05) is 50.2 Å². The Kier molecular flexibility index (Phi) is 6.63. The molecular weight excluding hydrogens is 453 g/mol. The number of hydrogen-bond donors (Lipinski definition) is 1. The normalized spacial score (nSPS) is 19.5. The van der Waals surface area contributed by atoms with Gasteiger partial charge in [0.1, 0.15) is 16.5 Å². The van der Waals surface area contributed by atoms with Gasteiger partial charge in [-0.05, 0) is 30.3 Å². The van der Waals surface area contributed by atoms with Gasteiger partial charge in [-0.3, -0.25) is 9.59 Å². The lowest BCUT2D eigenvalue weighted by Gasteiger charge is -2.26. The summed E-state index contributed by atoms with van der Waals surface area (Å²) in [5, 5.41) is 2.62. The third kappa shape index (κ3) is 4.70. The van der Waals surface area contributed by atoms with Crippen LogP contribution in [0.3, 0.4) is 0 Å². The van der Waals surface area contributed by atoms with Crippen LogP contribution in [0.15, 0.2) is 47.4 Å². The highest BCUT2D eigenvalue weighted by atomic mass is 32.2. The summed E-state index contributed by atoms with van der Waals surface area (Å²) in [5.74, 6) is -1.73. The van der Waals surface area contributed by atoms with Crippen LogP contribution in [0.2, 0.25) is 0 Å². The highest BCUT2D eigenvalue weighted by molar-refractivity contribution is 7.89. The van der Waals surface area contributed by atoms with Crippen molar-refractivity contribution in [3.05, 3.63) is 48.3 Å². The topological polar surface area (TPSA) is 105 Å². The molecule has 1 atom stereocenters. The zero-order valence-electron chi connectivity index (χ0n) is 18.0. The summed E-state index contributed by atoms with van der Waals surface area (Å²) in [6.45, 7) is 0.860. The highest BCUT2D eigenvalue weighted by Gasteiger charge is 2.36. The minimum atomic E-state index is -4.08. The fourth-order valence-corrected chi connectivity index (χ4v) is 5.42. The fourth-order valence-electron chi connectivity index (χ4n) is 3.92. The molecule has 1 unspecified atom stereocenters. The van der Waals surface area contributed by atoms with Gasteiger partial charge >= 0.3 is 0 Å². The van der Waals surface area contributed by atoms with E-state index in [0.29, 0.717) is 11.4 Å². The van der Waals surface area contributed by atoms with E-state index in [-0.39, 0.29) is 50.9 Å². The first-order valence-corrected chi connectivity index (χ1v) is 11.9. The largest absolute Gasteiger partial charge is 0.495 e. The second kappa shape index (κ2) is 9.46. The average Bonchev–Trinajstić information content (AvgIpc) is 3.22. The molecule has 0 spiro atoms. The number of nitrogens with zero attached hydrogens (tertiary/aromatic N) is 2. The maximum absolute atomic E-state index is 14.4. The van der Waals surface area contributed by atoms with Crippen molar-refractivity contribution in [1.29, 1.82) is 0 Å². The number of nitrogens with one attached hydrogen (secondary N) is 1. The first kappa shape index (κ1) is 23.1. The number of para-hydroxylation sites is 2. The molecule has 33 heavy (non-hydrogen) atoms. The molecular formula is C22H24FN3O6S. The second-order valence-electron chi connectivity index (χ2n) is 7.73. The van der Waals surface area contributed by atoms with Gasteiger partial charge in [-0.15, -0.1) is 0 Å². The quantitative estimate of drug-likeness (QED) is 0.681. The summed E-state index contributed by atoms with van der Waals surface area (Å²) in [6.07, 6.45) is -0.00991. The van der Waals surface area contributed by atoms with E-state index < -0.39 is 32.6 Å². The summed E-state index contributed by atoms with van der Waals surface area (Å²) in [5.41, 5.74) is 0.706. The lowest BCUT2D eigenvalue weighted by molar-refractivity contribution is -0.122. The van der Waals surface area contributed by atoms with Crippen LogP contribution in [0.25, 0.3) is 0 Å². The Hall–Kier alpha value is -3.02. The first-order chi connectivity index (χ1) is 15.8. The van der Waals surface area contributed by atoms with Crippen molar-refractivity contribution in [1.82, 2.24) is 4.31 Å². The Morgan fingerprint density at radius 1 is 1.18 bits per heavy atom. The molecule has 2 fully saturated rings. The molecule has 11 heteroatoms. The Morgan fingerprint density at radius 2 is 1.91 bits per heavy atom. The molecule has 2 aliphatic heterocycles. The number of hydrogen-bond acceptors (Lipinski definition) is 6. The number of amides is 2. The standard InChI is InChI=1S/C22H24FN3O6S/c1-31-19-5-3-2-4-18(19)26-14-15(12-21(26)27)22(28)24-16-6-7-17(23)20(13-16)33(29,30)25-8-10-32-11-9-25/h2-7,13,15H,8-12,14H2,1H3,(H,24,28). The van der Waals surface area contributed by atoms with Crippen LogP contribution in [0.5, 0.6) is 5.75 Å². The van der Waals surface area contributed by atoms with Crippen molar-refractivity contribution in [2.24, 2.45) is 5.92 Å². The van der Waals surface area contributed by atoms with Crippen LogP contribution in [0, 0.1) is 11.7 Å². The molecule has 2 heterocycles. The smallest absolute Gasteiger partial charge is 0.246 e. The van der Waals surface area contributed by atoms with E-state index in [1.807, 2.05) is 0 Å². The SMILES string of the molecule is COc1ccccc1N1CC(C(=O)Nc2ccc(F)c(S(=O)(=O)N3CCOCC3)c2)CC1=O. The summed E-state index contributed by atoms with van der Waals surface area (Å²) in [7, 11) is -2.58. The molecule has 2 aromatic carbocycles. The van der Waals surface area contributed by atoms with E-state index in [1.54, 1.807) is 24.3 Å². The van der Waals surface area contributed by atoms with Crippen LogP contribution in [-0.2, 0) is 24.3 Å². The fraction of sp³-hybridized carbons (Fsp3) is 0.364. The minimum Gasteiger partial charge on any atom is -0.495 e. The predicted octanol–water partition coefficient (Wildman–Crippen LogP) is 1.85. The van der Waals surface area contributed by atoms with Gasteiger partial charge in [0.15, 0.2) is 0 Å². The molecule has 0 bridgehead atoms. The van der Waals surface area contributed by atoms with E-state index in [9.17, 15) is 22.4 Å². The summed E-state index contributed by atoms with van der Waals surface area (Å²) >= 11 is 0. The van der Waals surface area contributed by atoms with E-state index in [1.165, 1.54) is 18.1 Å². The Morgan fingerprint density at radius 3 is 2.64 bits per heavy atom. The summed E-state index contributed by atoms with van der Waals surface area (Å²) in [6, 6.07) is 10.4. The number of methoxy groups -OCH3 is 1. The van der Waals surface area contributed by atoms with E-state index >= 15 is 0 Å². The number of carbonyl (C=O) groups is 2. The number of rotatable bonds is 6. The van der Waals surface area contributed by atoms with Gasteiger partial charge in [0.25, 0.3) is 0 Å². The summed E-state index contributed by atoms with van der Waals surface area (Å²) < 4.78 is 51.7. The molecule has 176 valence electrons. The van der Waals surface area contributed by atoms with Gasteiger partial charge in [-0.2, -0.15) is 4.31 Å². The summed E-state index contributed by atoms with van der Waals surface area (Å²) in [4.78, 5) is 26.4. The van der Waals surface area contributed by atoms with Gasteiger partial charge in [-0.25, -0.2) is 12.8 Å². The Bertz CT molecular complexity index is 1170. The van der Waals surface area contributed by atoms with Crippen LogP contribution in [0.4, 0.5) is 15.8 Å². The number of sulfonamides is 1. The van der Waals surface area contributed by atoms with Crippen molar-refractivity contribution in [3.63, 3.8) is 0 Å². The molecule has 2 aliphatic rings. The first-order valence-electron chi connectivity index (χ1n) is 10.4. The van der Waals surface area contributed by atoms with Gasteiger partial charge in [0.2, 0.25) is 21.8 Å². The molecule has 2 aromatic rings. The average molecular weight is 478 g/mol. The van der Waals surface area contributed by atoms with E-state index in [2.05, 4.69) is 5.32 Å². The molecule has 2 amide bonds. The van der Waals surface area contributed by atoms with Crippen molar-refractivity contribution >= 4 is 33.2 Å². The van der Waals surface area contributed by atoms with E-state index in [0.717, 1.165) is 16.4 Å². The van der Waals surface area contributed by atoms with Gasteiger partial charge in [0.05, 0.1) is 31.9 Å². The molecule has 4 rings (SSSR count). The molecule has 2 saturated heterocycles. The second-order valence-corrected chi connectivity index (χ2v) is 9.63. The third-order valence-corrected chi connectivity index (χ3v) is 7.57. The lowest BCUT2D eigenvalue weighted by atomic mass is 10.1. The van der Waals surface area contributed by atoms with Crippen LogP contribution in [0.1, 0.15) is 6.42 Å². The van der Waals surface area contributed by atoms with Crippen molar-refractivity contribution in [3.8, 4) is 5.75 Å². The number of morpholine rings is 1. The van der Waals surface area contributed by atoms with Crippen molar-refractivity contribution in [2.45, 2.75) is 11.3 Å². The van der Waals surface area contributed by atoms with E-state index in [4.69, 9.17) is 9.47 Å². The molecule has 1 N–H and O–H groups in total. The molecule has 0 saturated carbocycles. The number of carbonyl (C=O) groups excluding carboxylic acids is 2. The number of halogens is 1. The Balaban J connectivity index is 1.50. The maximum atomic E-state index is 14.4. The number of benzene rings is 2. The Labute approximate surface area is 191 Å². The van der Waals surface area contributed by atoms with Crippen LogP contribution in [-0.4, -0.2) is 64.5 Å². The highest BCUT2D eigenvalue weighted by Crippen LogP contribution is 2.33. The zero-order valence-corrected chi connectivity index (χ0v) is 18.8. The predicted molar refractivity (Wildman–Crippen MR) is 118 cm³/mol. The van der Waals surface area contributed by atoms with Crippen LogP contribution < -0.4 is 15.0 Å². The number of anilines is 2. The van der Waals surface area contributed by atoms with Gasteiger partial charge in [0, 0.05) is 31.7 Å². The third-order valence-electron chi connectivity index (χ3n) is 5.66. The monoisotopic (exact) mass is 477 g/mol. The van der Waals surface area contributed by atoms with Gasteiger partial charge in [-0.1, -0.05) is 12.1 Å². The molecule has 9 nitrogen and oxygen atoms in total. The molecule has 0 radical (unpaired) electrons. The van der Waals surface area contributed by atoms with Crippen LogP contribution >= 0.6 is 0 Å².